The van der Waals surface area contributed by atoms with Crippen LogP contribution in [-0.4, -0.2) is 31.0 Å². The fourth-order valence-electron chi connectivity index (χ4n) is 2.69. The Morgan fingerprint density at radius 2 is 2.16 bits per heavy atom. The van der Waals surface area contributed by atoms with Crippen molar-refractivity contribution in [3.63, 3.8) is 0 Å². The Kier molecular flexibility index (Phi) is 3.42. The van der Waals surface area contributed by atoms with Crippen LogP contribution in [0.3, 0.4) is 0 Å². The average molecular weight is 260 g/mol. The number of nitrogens with one attached hydrogen (secondary N) is 1. The molecule has 0 spiro atoms. The van der Waals surface area contributed by atoms with Gasteiger partial charge in [-0.25, -0.2) is 0 Å². The molecule has 4 heteroatoms. The number of rotatable bonds is 5. The molecule has 1 aliphatic carbocycles. The molecule has 102 valence electrons. The highest BCUT2D eigenvalue weighted by Crippen LogP contribution is 2.35. The van der Waals surface area contributed by atoms with Crippen molar-refractivity contribution in [3.05, 3.63) is 29.8 Å². The SMILES string of the molecule is COc1ccccc1C1NCC(=O)N1CCC1CC1. The van der Waals surface area contributed by atoms with Gasteiger partial charge in [-0.2, -0.15) is 0 Å². The molecule has 0 aromatic heterocycles. The van der Waals surface area contributed by atoms with E-state index in [1.165, 1.54) is 12.8 Å². The van der Waals surface area contributed by atoms with E-state index in [1.54, 1.807) is 7.11 Å². The number of hydrogen-bond acceptors (Lipinski definition) is 3. The van der Waals surface area contributed by atoms with Crippen LogP contribution in [0.1, 0.15) is 31.0 Å². The summed E-state index contributed by atoms with van der Waals surface area (Å²) in [6.45, 7) is 1.27. The normalized spacial score (nSPS) is 22.9. The predicted octanol–water partition coefficient (Wildman–Crippen LogP) is 1.93. The van der Waals surface area contributed by atoms with Crippen molar-refractivity contribution < 1.29 is 9.53 Å². The Labute approximate surface area is 113 Å². The van der Waals surface area contributed by atoms with Crippen molar-refractivity contribution in [1.29, 1.82) is 0 Å². The third kappa shape index (κ3) is 2.59. The number of methoxy groups -OCH3 is 1. The Hall–Kier alpha value is -1.55. The summed E-state index contributed by atoms with van der Waals surface area (Å²) in [7, 11) is 1.67. The highest BCUT2D eigenvalue weighted by atomic mass is 16.5. The standard InChI is InChI=1S/C15H20N2O2/c1-19-13-5-3-2-4-12(13)15-16-10-14(18)17(15)9-8-11-6-7-11/h2-5,11,15-16H,6-10H2,1H3. The van der Waals surface area contributed by atoms with Gasteiger partial charge in [0.25, 0.3) is 0 Å². The zero-order valence-electron chi connectivity index (χ0n) is 11.3. The van der Waals surface area contributed by atoms with Crippen molar-refractivity contribution in [3.8, 4) is 5.75 Å². The van der Waals surface area contributed by atoms with Crippen LogP contribution in [0.4, 0.5) is 0 Å². The molecular formula is C15H20N2O2. The lowest BCUT2D eigenvalue weighted by molar-refractivity contribution is -0.128. The molecule has 2 aliphatic rings. The number of nitrogens with zero attached hydrogens (tertiary/aromatic N) is 1. The van der Waals surface area contributed by atoms with Crippen molar-refractivity contribution in [2.24, 2.45) is 5.92 Å². The molecule has 1 aromatic carbocycles. The summed E-state index contributed by atoms with van der Waals surface area (Å²) in [5, 5.41) is 3.29. The van der Waals surface area contributed by atoms with Gasteiger partial charge in [-0.3, -0.25) is 10.1 Å². The molecule has 1 amide bonds. The van der Waals surface area contributed by atoms with Crippen LogP contribution < -0.4 is 10.1 Å². The van der Waals surface area contributed by atoms with Gasteiger partial charge in [-0.1, -0.05) is 31.0 Å². The first-order chi connectivity index (χ1) is 9.29. The molecule has 1 atom stereocenters. The highest BCUT2D eigenvalue weighted by Gasteiger charge is 2.34. The number of carbonyl (C=O) groups is 1. The Morgan fingerprint density at radius 1 is 1.37 bits per heavy atom. The van der Waals surface area contributed by atoms with Gasteiger partial charge in [0.15, 0.2) is 0 Å². The number of carbonyl (C=O) groups excluding carboxylic acids is 1. The molecule has 1 N–H and O–H groups in total. The number of para-hydroxylation sites is 1. The molecule has 0 bridgehead atoms. The molecule has 19 heavy (non-hydrogen) atoms. The third-order valence-electron chi connectivity index (χ3n) is 3.99. The quantitative estimate of drug-likeness (QED) is 0.879. The molecule has 1 aromatic rings. The van der Waals surface area contributed by atoms with Crippen molar-refractivity contribution in [2.75, 3.05) is 20.2 Å². The molecule has 0 radical (unpaired) electrons. The Morgan fingerprint density at radius 3 is 2.89 bits per heavy atom. The number of amides is 1. The average Bonchev–Trinajstić information content (AvgIpc) is 3.20. The van der Waals surface area contributed by atoms with Crippen molar-refractivity contribution in [1.82, 2.24) is 10.2 Å². The van der Waals surface area contributed by atoms with Gasteiger partial charge < -0.3 is 9.64 Å². The van der Waals surface area contributed by atoms with E-state index in [9.17, 15) is 4.79 Å². The van der Waals surface area contributed by atoms with Crippen LogP contribution in [-0.2, 0) is 4.79 Å². The topological polar surface area (TPSA) is 41.6 Å². The second-order valence-corrected chi connectivity index (χ2v) is 5.34. The number of hydrogen-bond donors (Lipinski definition) is 1. The molecule has 2 fully saturated rings. The molecule has 1 unspecified atom stereocenters. The summed E-state index contributed by atoms with van der Waals surface area (Å²) in [6, 6.07) is 7.91. The van der Waals surface area contributed by atoms with E-state index in [1.807, 2.05) is 29.2 Å². The molecule has 4 nitrogen and oxygen atoms in total. The second kappa shape index (κ2) is 5.21. The first-order valence-corrected chi connectivity index (χ1v) is 6.95. The van der Waals surface area contributed by atoms with Gasteiger partial charge in [0, 0.05) is 12.1 Å². The van der Waals surface area contributed by atoms with Gasteiger partial charge in [0.1, 0.15) is 11.9 Å². The van der Waals surface area contributed by atoms with Crippen molar-refractivity contribution in [2.45, 2.75) is 25.4 Å². The summed E-state index contributed by atoms with van der Waals surface area (Å²) in [5.74, 6) is 1.87. The zero-order chi connectivity index (χ0) is 13.2. The highest BCUT2D eigenvalue weighted by molar-refractivity contribution is 5.81. The van der Waals surface area contributed by atoms with Gasteiger partial charge in [-0.15, -0.1) is 0 Å². The predicted molar refractivity (Wildman–Crippen MR) is 72.8 cm³/mol. The van der Waals surface area contributed by atoms with E-state index in [4.69, 9.17) is 4.74 Å². The van der Waals surface area contributed by atoms with Crippen LogP contribution in [0.2, 0.25) is 0 Å². The molecule has 3 rings (SSSR count). The minimum Gasteiger partial charge on any atom is -0.496 e. The zero-order valence-corrected chi connectivity index (χ0v) is 11.3. The summed E-state index contributed by atoms with van der Waals surface area (Å²) in [5.41, 5.74) is 1.05. The molecule has 1 heterocycles. The van der Waals surface area contributed by atoms with E-state index in [2.05, 4.69) is 5.32 Å². The summed E-state index contributed by atoms with van der Waals surface area (Å²) in [6.07, 6.45) is 3.74. The molecule has 1 aliphatic heterocycles. The van der Waals surface area contributed by atoms with E-state index in [0.717, 1.165) is 30.2 Å². The fraction of sp³-hybridized carbons (Fsp3) is 0.533. The maximum Gasteiger partial charge on any atom is 0.238 e. The number of ether oxygens (including phenoxy) is 1. The van der Waals surface area contributed by atoms with Crippen LogP contribution >= 0.6 is 0 Å². The second-order valence-electron chi connectivity index (χ2n) is 5.34. The van der Waals surface area contributed by atoms with E-state index < -0.39 is 0 Å². The van der Waals surface area contributed by atoms with Crippen LogP contribution in [0, 0.1) is 5.92 Å². The first-order valence-electron chi connectivity index (χ1n) is 6.95. The Balaban J connectivity index is 1.78. The van der Waals surface area contributed by atoms with E-state index in [-0.39, 0.29) is 12.1 Å². The van der Waals surface area contributed by atoms with Gasteiger partial charge >= 0.3 is 0 Å². The summed E-state index contributed by atoms with van der Waals surface area (Å²) < 4.78 is 5.40. The minimum absolute atomic E-state index is 0.0394. The summed E-state index contributed by atoms with van der Waals surface area (Å²) in [4.78, 5) is 14.0. The largest absolute Gasteiger partial charge is 0.496 e. The van der Waals surface area contributed by atoms with E-state index >= 15 is 0 Å². The first kappa shape index (κ1) is 12.5. The van der Waals surface area contributed by atoms with E-state index in [0.29, 0.717) is 6.54 Å². The molecule has 1 saturated carbocycles. The van der Waals surface area contributed by atoms with Gasteiger partial charge in [0.2, 0.25) is 5.91 Å². The summed E-state index contributed by atoms with van der Waals surface area (Å²) >= 11 is 0. The van der Waals surface area contributed by atoms with Crippen LogP contribution in [0.15, 0.2) is 24.3 Å². The fourth-order valence-corrected chi connectivity index (χ4v) is 2.69. The maximum absolute atomic E-state index is 12.0. The van der Waals surface area contributed by atoms with Gasteiger partial charge in [0.05, 0.1) is 13.7 Å². The Bertz CT molecular complexity index is 471. The maximum atomic E-state index is 12.0. The smallest absolute Gasteiger partial charge is 0.238 e. The lowest BCUT2D eigenvalue weighted by Gasteiger charge is -2.26. The monoisotopic (exact) mass is 260 g/mol. The molecular weight excluding hydrogens is 240 g/mol. The van der Waals surface area contributed by atoms with Gasteiger partial charge in [-0.05, 0) is 18.4 Å². The minimum atomic E-state index is -0.0394. The van der Waals surface area contributed by atoms with Crippen LogP contribution in [0.25, 0.3) is 0 Å². The third-order valence-corrected chi connectivity index (χ3v) is 3.99. The molecule has 1 saturated heterocycles. The van der Waals surface area contributed by atoms with Crippen molar-refractivity contribution >= 4 is 5.91 Å². The lowest BCUT2D eigenvalue weighted by atomic mass is 10.1. The number of benzene rings is 1. The lowest BCUT2D eigenvalue weighted by Crippen LogP contribution is -2.31. The van der Waals surface area contributed by atoms with Crippen LogP contribution in [0.5, 0.6) is 5.75 Å².